The van der Waals surface area contributed by atoms with Crippen LogP contribution in [0.5, 0.6) is 5.75 Å². The molecule has 23 heavy (non-hydrogen) atoms. The van der Waals surface area contributed by atoms with Gasteiger partial charge in [-0.25, -0.2) is 0 Å². The molecule has 0 saturated carbocycles. The molecule has 128 valence electrons. The number of carbonyl (C=O) groups excluding carboxylic acids is 1. The minimum absolute atomic E-state index is 0.119. The summed E-state index contributed by atoms with van der Waals surface area (Å²) in [6, 6.07) is 7.69. The van der Waals surface area contributed by atoms with E-state index in [2.05, 4.69) is 4.90 Å². The van der Waals surface area contributed by atoms with Crippen LogP contribution in [-0.2, 0) is 16.1 Å². The maximum absolute atomic E-state index is 11.3. The lowest BCUT2D eigenvalue weighted by atomic mass is 10.2. The highest BCUT2D eigenvalue weighted by atomic mass is 16.5. The van der Waals surface area contributed by atoms with Gasteiger partial charge in [0, 0.05) is 39.6 Å². The molecule has 1 fully saturated rings. The van der Waals surface area contributed by atoms with Gasteiger partial charge >= 0.3 is 0 Å². The molecule has 0 aromatic heterocycles. The minimum Gasteiger partial charge on any atom is -0.497 e. The highest BCUT2D eigenvalue weighted by Crippen LogP contribution is 2.12. The lowest BCUT2D eigenvalue weighted by molar-refractivity contribution is -0.130. The quantitative estimate of drug-likeness (QED) is 0.802. The highest BCUT2D eigenvalue weighted by Gasteiger charge is 2.20. The van der Waals surface area contributed by atoms with Gasteiger partial charge in [-0.3, -0.25) is 9.69 Å². The van der Waals surface area contributed by atoms with Crippen LogP contribution < -0.4 is 4.74 Å². The summed E-state index contributed by atoms with van der Waals surface area (Å²) in [6.07, 6.45) is -0.517. The van der Waals surface area contributed by atoms with E-state index in [1.807, 2.05) is 29.2 Å². The summed E-state index contributed by atoms with van der Waals surface area (Å²) >= 11 is 0. The SMILES string of the molecule is COc1ccc(COC[C@@H](O)CN2CCN(C(C)=O)CC2)cc1. The number of hydrogen-bond donors (Lipinski definition) is 1. The zero-order valence-electron chi connectivity index (χ0n) is 13.9. The summed E-state index contributed by atoms with van der Waals surface area (Å²) in [5.74, 6) is 0.937. The molecule has 1 saturated heterocycles. The fourth-order valence-corrected chi connectivity index (χ4v) is 2.63. The van der Waals surface area contributed by atoms with Gasteiger partial charge in [0.1, 0.15) is 5.75 Å². The summed E-state index contributed by atoms with van der Waals surface area (Å²) in [5, 5.41) is 10.1. The molecule has 2 rings (SSSR count). The Bertz CT molecular complexity index is 484. The summed E-state index contributed by atoms with van der Waals surface area (Å²) in [5.41, 5.74) is 1.05. The average Bonchev–Trinajstić information content (AvgIpc) is 2.56. The maximum atomic E-state index is 11.3. The number of amides is 1. The second-order valence-electron chi connectivity index (χ2n) is 5.82. The van der Waals surface area contributed by atoms with Crippen molar-refractivity contribution in [1.29, 1.82) is 0 Å². The van der Waals surface area contributed by atoms with E-state index in [-0.39, 0.29) is 5.91 Å². The van der Waals surface area contributed by atoms with Crippen molar-refractivity contribution in [2.24, 2.45) is 0 Å². The Morgan fingerprint density at radius 2 is 1.87 bits per heavy atom. The lowest BCUT2D eigenvalue weighted by Crippen LogP contribution is -2.50. The predicted molar refractivity (Wildman–Crippen MR) is 87.4 cm³/mol. The fourth-order valence-electron chi connectivity index (χ4n) is 2.63. The van der Waals surface area contributed by atoms with E-state index in [1.165, 1.54) is 0 Å². The largest absolute Gasteiger partial charge is 0.497 e. The van der Waals surface area contributed by atoms with Gasteiger partial charge in [0.2, 0.25) is 5.91 Å². The van der Waals surface area contributed by atoms with Gasteiger partial charge in [-0.2, -0.15) is 0 Å². The van der Waals surface area contributed by atoms with Gasteiger partial charge in [0.05, 0.1) is 26.4 Å². The maximum Gasteiger partial charge on any atom is 0.219 e. The third-order valence-corrected chi connectivity index (χ3v) is 4.02. The van der Waals surface area contributed by atoms with Crippen LogP contribution in [0.15, 0.2) is 24.3 Å². The molecule has 0 radical (unpaired) electrons. The van der Waals surface area contributed by atoms with Crippen LogP contribution >= 0.6 is 0 Å². The number of aliphatic hydroxyl groups is 1. The van der Waals surface area contributed by atoms with E-state index >= 15 is 0 Å². The van der Waals surface area contributed by atoms with Gasteiger partial charge in [-0.15, -0.1) is 0 Å². The molecule has 6 heteroatoms. The number of ether oxygens (including phenoxy) is 2. The third-order valence-electron chi connectivity index (χ3n) is 4.02. The van der Waals surface area contributed by atoms with Crippen molar-refractivity contribution in [3.05, 3.63) is 29.8 Å². The minimum atomic E-state index is -0.517. The number of rotatable bonds is 7. The van der Waals surface area contributed by atoms with Crippen LogP contribution in [0.3, 0.4) is 0 Å². The van der Waals surface area contributed by atoms with Crippen molar-refractivity contribution in [2.45, 2.75) is 19.6 Å². The van der Waals surface area contributed by atoms with Crippen LogP contribution in [0.25, 0.3) is 0 Å². The Kier molecular flexibility index (Phi) is 6.83. The summed E-state index contributed by atoms with van der Waals surface area (Å²) in [4.78, 5) is 15.3. The van der Waals surface area contributed by atoms with Crippen molar-refractivity contribution in [3.8, 4) is 5.75 Å². The van der Waals surface area contributed by atoms with Crippen molar-refractivity contribution in [3.63, 3.8) is 0 Å². The van der Waals surface area contributed by atoms with Gasteiger partial charge in [-0.05, 0) is 17.7 Å². The van der Waals surface area contributed by atoms with Crippen LogP contribution in [0, 0.1) is 0 Å². The van der Waals surface area contributed by atoms with Crippen molar-refractivity contribution in [1.82, 2.24) is 9.80 Å². The van der Waals surface area contributed by atoms with Gasteiger partial charge < -0.3 is 19.5 Å². The van der Waals surface area contributed by atoms with E-state index in [1.54, 1.807) is 14.0 Å². The molecule has 1 atom stereocenters. The molecule has 1 heterocycles. The molecule has 0 bridgehead atoms. The molecule has 0 aliphatic carbocycles. The van der Waals surface area contributed by atoms with Crippen LogP contribution in [0.2, 0.25) is 0 Å². The van der Waals surface area contributed by atoms with Crippen molar-refractivity contribution >= 4 is 5.91 Å². The molecule has 6 nitrogen and oxygen atoms in total. The second-order valence-corrected chi connectivity index (χ2v) is 5.82. The first kappa shape index (κ1) is 17.7. The van der Waals surface area contributed by atoms with E-state index in [4.69, 9.17) is 9.47 Å². The van der Waals surface area contributed by atoms with Gasteiger partial charge in [-0.1, -0.05) is 12.1 Å². The number of nitrogens with zero attached hydrogens (tertiary/aromatic N) is 2. The summed E-state index contributed by atoms with van der Waals surface area (Å²) < 4.78 is 10.7. The topological polar surface area (TPSA) is 62.2 Å². The second kappa shape index (κ2) is 8.86. The Labute approximate surface area is 137 Å². The zero-order chi connectivity index (χ0) is 16.7. The first-order valence-corrected chi connectivity index (χ1v) is 7.95. The van der Waals surface area contributed by atoms with Gasteiger partial charge in [0.15, 0.2) is 0 Å². The number of hydrogen-bond acceptors (Lipinski definition) is 5. The fraction of sp³-hybridized carbons (Fsp3) is 0.588. The molecular formula is C17H26N2O4. The molecule has 1 aliphatic rings. The van der Waals surface area contributed by atoms with E-state index in [9.17, 15) is 9.90 Å². The first-order chi connectivity index (χ1) is 11.1. The number of carbonyl (C=O) groups is 1. The molecule has 0 unspecified atom stereocenters. The monoisotopic (exact) mass is 322 g/mol. The number of piperazine rings is 1. The predicted octanol–water partition coefficient (Wildman–Crippen LogP) is 0.737. The number of benzene rings is 1. The van der Waals surface area contributed by atoms with Crippen molar-refractivity contribution < 1.29 is 19.4 Å². The van der Waals surface area contributed by atoms with E-state index in [0.717, 1.165) is 37.5 Å². The standard InChI is InChI=1S/C17H26N2O4/c1-14(20)19-9-7-18(8-10-19)11-16(21)13-23-12-15-3-5-17(22-2)6-4-15/h3-6,16,21H,7-13H2,1-2H3/t16-/m0/s1. The summed E-state index contributed by atoms with van der Waals surface area (Å²) in [6.45, 7) is 6.01. The molecular weight excluding hydrogens is 296 g/mol. The van der Waals surface area contributed by atoms with Crippen molar-refractivity contribution in [2.75, 3.05) is 46.4 Å². The highest BCUT2D eigenvalue weighted by molar-refractivity contribution is 5.73. The zero-order valence-corrected chi connectivity index (χ0v) is 13.9. The van der Waals surface area contributed by atoms with Gasteiger partial charge in [0.25, 0.3) is 0 Å². The molecule has 1 aromatic carbocycles. The average molecular weight is 322 g/mol. The molecule has 1 N–H and O–H groups in total. The Morgan fingerprint density at radius 3 is 2.43 bits per heavy atom. The Balaban J connectivity index is 1.63. The Hall–Kier alpha value is -1.63. The van der Waals surface area contributed by atoms with E-state index in [0.29, 0.717) is 19.8 Å². The van der Waals surface area contributed by atoms with Crippen LogP contribution in [-0.4, -0.2) is 73.4 Å². The van der Waals surface area contributed by atoms with E-state index < -0.39 is 6.10 Å². The normalized spacial score (nSPS) is 17.1. The molecule has 1 amide bonds. The molecule has 1 aromatic rings. The third kappa shape index (κ3) is 5.82. The molecule has 0 spiro atoms. The number of aliphatic hydroxyl groups excluding tert-OH is 1. The molecule has 1 aliphatic heterocycles. The number of methoxy groups -OCH3 is 1. The lowest BCUT2D eigenvalue weighted by Gasteiger charge is -2.35. The Morgan fingerprint density at radius 1 is 1.22 bits per heavy atom. The van der Waals surface area contributed by atoms with Crippen LogP contribution in [0.4, 0.5) is 0 Å². The number of β-amino-alcohol motifs (C(OH)–C–C–N with tert-alkyl or cyclic N) is 1. The summed E-state index contributed by atoms with van der Waals surface area (Å²) in [7, 11) is 1.64. The smallest absolute Gasteiger partial charge is 0.219 e. The van der Waals surface area contributed by atoms with Crippen LogP contribution in [0.1, 0.15) is 12.5 Å². The first-order valence-electron chi connectivity index (χ1n) is 7.95.